The average Bonchev–Trinajstić information content (AvgIpc) is 2.37. The van der Waals surface area contributed by atoms with Crippen molar-refractivity contribution in [3.05, 3.63) is 47.4 Å². The molecule has 0 amide bonds. The Morgan fingerprint density at radius 2 is 2.22 bits per heavy atom. The number of hydrogen-bond donors (Lipinski definition) is 1. The smallest absolute Gasteiger partial charge is 0.151 e. The van der Waals surface area contributed by atoms with Gasteiger partial charge in [-0.3, -0.25) is 0 Å². The third-order valence-electron chi connectivity index (χ3n) is 2.65. The van der Waals surface area contributed by atoms with E-state index in [0.29, 0.717) is 5.02 Å². The van der Waals surface area contributed by atoms with E-state index < -0.39 is 0 Å². The quantitative estimate of drug-likeness (QED) is 0.861. The normalized spacial score (nSPS) is 10.3. The second kappa shape index (κ2) is 5.69. The predicted molar refractivity (Wildman–Crippen MR) is 74.6 cm³/mol. The van der Waals surface area contributed by atoms with Crippen molar-refractivity contribution in [2.75, 3.05) is 17.2 Å². The molecule has 0 aliphatic heterocycles. The van der Waals surface area contributed by atoms with Crippen molar-refractivity contribution >= 4 is 23.1 Å². The van der Waals surface area contributed by atoms with Crippen LogP contribution in [0.25, 0.3) is 0 Å². The van der Waals surface area contributed by atoms with Gasteiger partial charge in [0, 0.05) is 18.8 Å². The number of hydrogen-bond acceptors (Lipinski definition) is 4. The van der Waals surface area contributed by atoms with Gasteiger partial charge in [-0.1, -0.05) is 23.7 Å². The summed E-state index contributed by atoms with van der Waals surface area (Å²) in [7, 11) is 0. The molecule has 0 unspecified atom stereocenters. The van der Waals surface area contributed by atoms with Crippen molar-refractivity contribution in [2.45, 2.75) is 13.5 Å². The van der Waals surface area contributed by atoms with Crippen molar-refractivity contribution in [1.29, 1.82) is 0 Å². The molecular formula is C13H15ClN4. The van der Waals surface area contributed by atoms with E-state index in [9.17, 15) is 0 Å². The van der Waals surface area contributed by atoms with Crippen LogP contribution in [0.1, 0.15) is 12.5 Å². The summed E-state index contributed by atoms with van der Waals surface area (Å²) in [5, 5.41) is 0.559. The minimum absolute atomic E-state index is 0.559. The van der Waals surface area contributed by atoms with Crippen LogP contribution in [0.15, 0.2) is 36.8 Å². The number of halogens is 1. The van der Waals surface area contributed by atoms with Gasteiger partial charge in [-0.15, -0.1) is 0 Å². The molecule has 4 nitrogen and oxygen atoms in total. The molecule has 2 N–H and O–H groups in total. The van der Waals surface area contributed by atoms with Crippen LogP contribution >= 0.6 is 11.6 Å². The molecule has 94 valence electrons. The maximum Gasteiger partial charge on any atom is 0.151 e. The molecule has 0 radical (unpaired) electrons. The Labute approximate surface area is 111 Å². The average molecular weight is 263 g/mol. The third kappa shape index (κ3) is 2.90. The van der Waals surface area contributed by atoms with Gasteiger partial charge in [0.1, 0.15) is 11.3 Å². The van der Waals surface area contributed by atoms with Crippen molar-refractivity contribution < 1.29 is 0 Å². The molecule has 0 aliphatic carbocycles. The summed E-state index contributed by atoms with van der Waals surface area (Å²) in [5.41, 5.74) is 7.67. The van der Waals surface area contributed by atoms with E-state index in [2.05, 4.69) is 21.8 Å². The van der Waals surface area contributed by atoms with E-state index in [4.69, 9.17) is 17.3 Å². The highest BCUT2D eigenvalue weighted by Crippen LogP contribution is 2.23. The second-order valence-electron chi connectivity index (χ2n) is 3.95. The molecule has 0 saturated heterocycles. The number of nitrogen functional groups attached to an aromatic ring is 1. The zero-order valence-corrected chi connectivity index (χ0v) is 10.9. The molecule has 1 aromatic heterocycles. The molecule has 18 heavy (non-hydrogen) atoms. The van der Waals surface area contributed by atoms with Gasteiger partial charge in [-0.2, -0.15) is 0 Å². The molecule has 0 atom stereocenters. The van der Waals surface area contributed by atoms with E-state index in [0.717, 1.165) is 30.2 Å². The van der Waals surface area contributed by atoms with Crippen LogP contribution in [0, 0.1) is 0 Å². The molecule has 0 saturated carbocycles. The first-order valence-electron chi connectivity index (χ1n) is 5.75. The maximum absolute atomic E-state index is 6.10. The molecule has 1 heterocycles. The number of aromatic nitrogens is 2. The fraction of sp³-hybridized carbons (Fsp3) is 0.231. The van der Waals surface area contributed by atoms with Crippen LogP contribution in [0.2, 0.25) is 5.02 Å². The van der Waals surface area contributed by atoms with E-state index in [-0.39, 0.29) is 0 Å². The Kier molecular flexibility index (Phi) is 3.99. The first-order chi connectivity index (χ1) is 8.70. The minimum Gasteiger partial charge on any atom is -0.399 e. The third-order valence-corrected chi connectivity index (χ3v) is 2.92. The van der Waals surface area contributed by atoms with Crippen LogP contribution in [0.4, 0.5) is 11.5 Å². The molecule has 0 aliphatic rings. The van der Waals surface area contributed by atoms with E-state index in [1.165, 1.54) is 6.33 Å². The summed E-state index contributed by atoms with van der Waals surface area (Å²) in [4.78, 5) is 10.2. The second-order valence-corrected chi connectivity index (χ2v) is 4.36. The van der Waals surface area contributed by atoms with E-state index in [1.54, 1.807) is 6.20 Å². The lowest BCUT2D eigenvalue weighted by molar-refractivity contribution is 0.810. The Morgan fingerprint density at radius 1 is 1.39 bits per heavy atom. The van der Waals surface area contributed by atoms with Gasteiger partial charge in [0.05, 0.1) is 6.20 Å². The Balaban J connectivity index is 2.23. The molecule has 2 rings (SSSR count). The minimum atomic E-state index is 0.559. The number of nitrogens with two attached hydrogens (primary N) is 1. The lowest BCUT2D eigenvalue weighted by Crippen LogP contribution is -2.23. The van der Waals surface area contributed by atoms with Crippen LogP contribution < -0.4 is 10.6 Å². The van der Waals surface area contributed by atoms with Gasteiger partial charge in [0.2, 0.25) is 0 Å². The highest BCUT2D eigenvalue weighted by Gasteiger charge is 2.10. The predicted octanol–water partition coefficient (Wildman–Crippen LogP) is 2.74. The molecule has 5 heteroatoms. The van der Waals surface area contributed by atoms with E-state index >= 15 is 0 Å². The van der Waals surface area contributed by atoms with Crippen LogP contribution in [-0.2, 0) is 6.54 Å². The zero-order valence-electron chi connectivity index (χ0n) is 10.2. The number of rotatable bonds is 4. The maximum atomic E-state index is 6.10. The largest absolute Gasteiger partial charge is 0.399 e. The van der Waals surface area contributed by atoms with Gasteiger partial charge < -0.3 is 10.6 Å². The highest BCUT2D eigenvalue weighted by atomic mass is 35.5. The molecular weight excluding hydrogens is 248 g/mol. The Hall–Kier alpha value is -1.81. The van der Waals surface area contributed by atoms with E-state index in [1.807, 2.05) is 24.3 Å². The van der Waals surface area contributed by atoms with Crippen LogP contribution in [0.5, 0.6) is 0 Å². The van der Waals surface area contributed by atoms with Crippen molar-refractivity contribution in [2.24, 2.45) is 0 Å². The zero-order chi connectivity index (χ0) is 13.0. The lowest BCUT2D eigenvalue weighted by atomic mass is 10.2. The fourth-order valence-corrected chi connectivity index (χ4v) is 2.01. The van der Waals surface area contributed by atoms with Crippen LogP contribution in [-0.4, -0.2) is 16.5 Å². The number of anilines is 2. The summed E-state index contributed by atoms with van der Waals surface area (Å²) in [6.07, 6.45) is 3.11. The summed E-state index contributed by atoms with van der Waals surface area (Å²) in [5.74, 6) is 0.747. The van der Waals surface area contributed by atoms with Gasteiger partial charge in [-0.25, -0.2) is 9.97 Å². The Morgan fingerprint density at radius 3 is 2.89 bits per heavy atom. The lowest BCUT2D eigenvalue weighted by Gasteiger charge is -2.22. The van der Waals surface area contributed by atoms with Crippen molar-refractivity contribution in [3.63, 3.8) is 0 Å². The first-order valence-corrected chi connectivity index (χ1v) is 6.13. The molecule has 0 fully saturated rings. The first kappa shape index (κ1) is 12.6. The number of benzene rings is 1. The monoisotopic (exact) mass is 262 g/mol. The van der Waals surface area contributed by atoms with Gasteiger partial charge >= 0.3 is 0 Å². The topological polar surface area (TPSA) is 55.0 Å². The summed E-state index contributed by atoms with van der Waals surface area (Å²) < 4.78 is 0. The molecule has 1 aromatic carbocycles. The van der Waals surface area contributed by atoms with Crippen LogP contribution in [0.3, 0.4) is 0 Å². The Bertz CT molecular complexity index is 530. The molecule has 0 bridgehead atoms. The van der Waals surface area contributed by atoms with Gasteiger partial charge in [0.15, 0.2) is 5.82 Å². The SMILES string of the molecule is CCN(Cc1cccc(N)c1)c1ncncc1Cl. The number of nitrogens with zero attached hydrogens (tertiary/aromatic N) is 3. The van der Waals surface area contributed by atoms with Crippen molar-refractivity contribution in [1.82, 2.24) is 9.97 Å². The van der Waals surface area contributed by atoms with Gasteiger partial charge in [-0.05, 0) is 24.6 Å². The summed E-state index contributed by atoms with van der Waals surface area (Å²) in [6.45, 7) is 3.59. The molecule has 0 spiro atoms. The summed E-state index contributed by atoms with van der Waals surface area (Å²) in [6, 6.07) is 7.81. The van der Waals surface area contributed by atoms with Gasteiger partial charge in [0.25, 0.3) is 0 Å². The van der Waals surface area contributed by atoms with Crippen molar-refractivity contribution in [3.8, 4) is 0 Å². The standard InChI is InChI=1S/C13H15ClN4/c1-2-18(13-12(14)7-16-9-17-13)8-10-4-3-5-11(15)6-10/h3-7,9H,2,8,15H2,1H3. The fourth-order valence-electron chi connectivity index (χ4n) is 1.79. The summed E-state index contributed by atoms with van der Waals surface area (Å²) >= 11 is 6.10. The highest BCUT2D eigenvalue weighted by molar-refractivity contribution is 6.32. The molecule has 2 aromatic rings.